The number of nitrogens with one attached hydrogen (secondary N) is 1. The fourth-order valence-electron chi connectivity index (χ4n) is 2.45. The van der Waals surface area contributed by atoms with Gasteiger partial charge in [-0.25, -0.2) is 0 Å². The van der Waals surface area contributed by atoms with Gasteiger partial charge in [0.2, 0.25) is 0 Å². The Morgan fingerprint density at radius 1 is 1.27 bits per heavy atom. The van der Waals surface area contributed by atoms with Crippen LogP contribution in [0.4, 0.5) is 0 Å². The molecule has 0 radical (unpaired) electrons. The SMILES string of the molecule is CCCCCCCC(Cc1ccc(O)c(OC)c1)C([NH-])=O.[Na+]. The standard InChI is InChI=1S/C17H27NO3.Na/c1-3-4-5-6-7-8-14(17(18)20)11-13-9-10-15(19)16(12-13)21-2;/h9-10,12,14H,3-8,11H2,1-2H3,(H3,18,19,20);/q;+1/p-1. The van der Waals surface area contributed by atoms with Crippen molar-refractivity contribution in [2.45, 2.75) is 51.9 Å². The second kappa shape index (κ2) is 11.8. The normalized spacial score (nSPS) is 11.5. The Labute approximate surface area is 155 Å². The van der Waals surface area contributed by atoms with Gasteiger partial charge in [0.05, 0.1) is 13.0 Å². The third-order valence-electron chi connectivity index (χ3n) is 3.75. The molecule has 1 aromatic rings. The fourth-order valence-corrected chi connectivity index (χ4v) is 2.45. The second-order valence-corrected chi connectivity index (χ2v) is 5.47. The molecule has 0 aromatic heterocycles. The molecule has 2 N–H and O–H groups in total. The predicted octanol–water partition coefficient (Wildman–Crippen LogP) is 1.50. The van der Waals surface area contributed by atoms with Crippen LogP contribution >= 0.6 is 0 Å². The maximum Gasteiger partial charge on any atom is 1.00 e. The van der Waals surface area contributed by atoms with Crippen LogP contribution in [0.3, 0.4) is 0 Å². The van der Waals surface area contributed by atoms with E-state index < -0.39 is 5.91 Å². The van der Waals surface area contributed by atoms with Gasteiger partial charge in [-0.3, -0.25) is 0 Å². The van der Waals surface area contributed by atoms with E-state index in [1.54, 1.807) is 18.2 Å². The number of carbonyl (C=O) groups is 1. The molecular formula is C17H26NNaO3. The number of benzene rings is 1. The Bertz CT molecular complexity index is 452. The van der Waals surface area contributed by atoms with Crippen molar-refractivity contribution in [3.63, 3.8) is 0 Å². The molecule has 1 atom stereocenters. The van der Waals surface area contributed by atoms with Gasteiger partial charge in [0.1, 0.15) is 0 Å². The minimum atomic E-state index is -0.502. The maximum atomic E-state index is 11.5. The number of carbonyl (C=O) groups excluding carboxylic acids is 1. The van der Waals surface area contributed by atoms with E-state index >= 15 is 0 Å². The third kappa shape index (κ3) is 7.52. The van der Waals surface area contributed by atoms with Crippen LogP contribution in [-0.2, 0) is 11.2 Å². The zero-order valence-corrected chi connectivity index (χ0v) is 16.0. The molecule has 118 valence electrons. The van der Waals surface area contributed by atoms with Crippen LogP contribution in [-0.4, -0.2) is 18.1 Å². The molecule has 0 aliphatic heterocycles. The Morgan fingerprint density at radius 2 is 1.95 bits per heavy atom. The first-order valence-corrected chi connectivity index (χ1v) is 7.69. The van der Waals surface area contributed by atoms with E-state index in [9.17, 15) is 9.90 Å². The Morgan fingerprint density at radius 3 is 2.55 bits per heavy atom. The summed E-state index contributed by atoms with van der Waals surface area (Å²) in [5.74, 6) is -0.264. The van der Waals surface area contributed by atoms with Gasteiger partial charge < -0.3 is 20.4 Å². The van der Waals surface area contributed by atoms with Crippen LogP contribution in [0.15, 0.2) is 18.2 Å². The molecule has 0 aliphatic rings. The minimum Gasteiger partial charge on any atom is -0.668 e. The Hall–Kier alpha value is -0.710. The predicted molar refractivity (Wildman–Crippen MR) is 84.6 cm³/mol. The molecule has 22 heavy (non-hydrogen) atoms. The third-order valence-corrected chi connectivity index (χ3v) is 3.75. The monoisotopic (exact) mass is 315 g/mol. The topological polar surface area (TPSA) is 70.3 Å². The fraction of sp³-hybridized carbons (Fsp3) is 0.588. The molecule has 0 saturated carbocycles. The Balaban J connectivity index is 0.00000441. The average Bonchev–Trinajstić information content (AvgIpc) is 2.47. The van der Waals surface area contributed by atoms with Crippen molar-refractivity contribution in [2.24, 2.45) is 5.92 Å². The number of phenolic OH excluding ortho intramolecular Hbond substituents is 1. The summed E-state index contributed by atoms with van der Waals surface area (Å²) in [7, 11) is 1.50. The number of hydrogen-bond donors (Lipinski definition) is 1. The summed E-state index contributed by atoms with van der Waals surface area (Å²) < 4.78 is 5.07. The summed E-state index contributed by atoms with van der Waals surface area (Å²) in [5.41, 5.74) is 8.34. The van der Waals surface area contributed by atoms with Crippen molar-refractivity contribution in [1.82, 2.24) is 0 Å². The molecule has 1 rings (SSSR count). The number of amides is 1. The molecular weight excluding hydrogens is 289 g/mol. The molecule has 1 unspecified atom stereocenters. The van der Waals surface area contributed by atoms with E-state index in [2.05, 4.69) is 6.92 Å². The quantitative estimate of drug-likeness (QED) is 0.525. The Kier molecular flexibility index (Phi) is 11.4. The summed E-state index contributed by atoms with van der Waals surface area (Å²) in [6.45, 7) is 2.17. The summed E-state index contributed by atoms with van der Waals surface area (Å²) in [5, 5.41) is 9.57. The smallest absolute Gasteiger partial charge is 0.668 e. The summed E-state index contributed by atoms with van der Waals surface area (Å²) >= 11 is 0. The molecule has 0 saturated heterocycles. The van der Waals surface area contributed by atoms with Crippen molar-refractivity contribution in [3.8, 4) is 11.5 Å². The first-order chi connectivity index (χ1) is 10.1. The second-order valence-electron chi connectivity index (χ2n) is 5.47. The van der Waals surface area contributed by atoms with Gasteiger partial charge in [-0.2, -0.15) is 0 Å². The van der Waals surface area contributed by atoms with Crippen molar-refractivity contribution in [3.05, 3.63) is 29.5 Å². The van der Waals surface area contributed by atoms with E-state index in [1.807, 2.05) is 0 Å². The largest absolute Gasteiger partial charge is 1.00 e. The van der Waals surface area contributed by atoms with Crippen LogP contribution in [0, 0.1) is 5.92 Å². The van der Waals surface area contributed by atoms with Crippen molar-refractivity contribution < 1.29 is 44.2 Å². The molecule has 0 bridgehead atoms. The van der Waals surface area contributed by atoms with E-state index in [0.29, 0.717) is 12.2 Å². The number of phenols is 1. The van der Waals surface area contributed by atoms with Gasteiger partial charge in [-0.1, -0.05) is 45.1 Å². The van der Waals surface area contributed by atoms with Crippen LogP contribution in [0.25, 0.3) is 5.73 Å². The van der Waals surface area contributed by atoms with E-state index in [4.69, 9.17) is 10.5 Å². The van der Waals surface area contributed by atoms with Gasteiger partial charge in [-0.05, 0) is 30.5 Å². The van der Waals surface area contributed by atoms with E-state index in [0.717, 1.165) is 24.8 Å². The van der Waals surface area contributed by atoms with Crippen LogP contribution in [0.5, 0.6) is 11.5 Å². The van der Waals surface area contributed by atoms with Gasteiger partial charge in [0.25, 0.3) is 0 Å². The molecule has 0 spiro atoms. The van der Waals surface area contributed by atoms with Crippen LogP contribution in [0.2, 0.25) is 0 Å². The number of rotatable bonds is 10. The van der Waals surface area contributed by atoms with Crippen LogP contribution < -0.4 is 34.3 Å². The number of hydrogen-bond acceptors (Lipinski definition) is 3. The molecule has 0 aliphatic carbocycles. The maximum absolute atomic E-state index is 11.5. The zero-order chi connectivity index (χ0) is 15.7. The zero-order valence-electron chi connectivity index (χ0n) is 14.0. The van der Waals surface area contributed by atoms with E-state index in [-0.39, 0.29) is 41.2 Å². The number of aromatic hydroxyl groups is 1. The summed E-state index contributed by atoms with van der Waals surface area (Å²) in [4.78, 5) is 11.5. The summed E-state index contributed by atoms with van der Waals surface area (Å²) in [6, 6.07) is 5.09. The molecule has 4 nitrogen and oxygen atoms in total. The molecule has 0 heterocycles. The number of unbranched alkanes of at least 4 members (excludes halogenated alkanes) is 4. The van der Waals surface area contributed by atoms with Crippen LogP contribution in [0.1, 0.15) is 51.0 Å². The number of methoxy groups -OCH3 is 1. The molecule has 0 fully saturated rings. The van der Waals surface area contributed by atoms with Crippen molar-refractivity contribution in [1.29, 1.82) is 0 Å². The van der Waals surface area contributed by atoms with Gasteiger partial charge >= 0.3 is 29.6 Å². The van der Waals surface area contributed by atoms with Gasteiger partial charge in [0, 0.05) is 5.92 Å². The first kappa shape index (κ1) is 21.3. The first-order valence-electron chi connectivity index (χ1n) is 7.69. The van der Waals surface area contributed by atoms with Gasteiger partial charge in [0.15, 0.2) is 11.5 Å². The van der Waals surface area contributed by atoms with Gasteiger partial charge in [-0.15, -0.1) is 0 Å². The molecule has 5 heteroatoms. The number of ether oxygens (including phenoxy) is 1. The van der Waals surface area contributed by atoms with Crippen molar-refractivity contribution in [2.75, 3.05) is 7.11 Å². The summed E-state index contributed by atoms with van der Waals surface area (Å²) in [6.07, 6.45) is 7.04. The van der Waals surface area contributed by atoms with E-state index in [1.165, 1.54) is 26.4 Å². The molecule has 1 amide bonds. The minimum absolute atomic E-state index is 0. The van der Waals surface area contributed by atoms with Crippen molar-refractivity contribution >= 4 is 5.91 Å². The average molecular weight is 315 g/mol. The molecule has 1 aromatic carbocycles.